The highest BCUT2D eigenvalue weighted by Gasteiger charge is 2.26. The van der Waals surface area contributed by atoms with Crippen molar-refractivity contribution in [3.8, 4) is 0 Å². The first kappa shape index (κ1) is 15.5. The fraction of sp³-hybridized carbons (Fsp3) is 0.429. The summed E-state index contributed by atoms with van der Waals surface area (Å²) in [7, 11) is -3.57. The summed E-state index contributed by atoms with van der Waals surface area (Å²) < 4.78 is 24.8. The standard InChI is InChI=1S/C14H18N2O4S/c1-10(17)11-3-7-13(8-4-11)16(21(2,19)20)9-14(18)15-12-5-6-12/h3-4,7-8,12H,5-6,9H2,1-2H3,(H,15,18). The average Bonchev–Trinajstić information content (AvgIpc) is 3.18. The number of amides is 1. The van der Waals surface area contributed by atoms with Gasteiger partial charge in [0.25, 0.3) is 0 Å². The Labute approximate surface area is 124 Å². The Bertz CT molecular complexity index is 648. The molecule has 1 aromatic carbocycles. The second kappa shape index (κ2) is 5.85. The van der Waals surface area contributed by atoms with E-state index in [1.54, 1.807) is 12.1 Å². The molecule has 21 heavy (non-hydrogen) atoms. The molecule has 0 heterocycles. The first-order chi connectivity index (χ1) is 9.77. The summed E-state index contributed by atoms with van der Waals surface area (Å²) >= 11 is 0. The number of benzene rings is 1. The van der Waals surface area contributed by atoms with Crippen LogP contribution in [0.4, 0.5) is 5.69 Å². The Morgan fingerprint density at radius 2 is 1.81 bits per heavy atom. The molecule has 6 nitrogen and oxygen atoms in total. The molecule has 0 saturated heterocycles. The fourth-order valence-corrected chi connectivity index (χ4v) is 2.75. The highest BCUT2D eigenvalue weighted by Crippen LogP contribution is 2.20. The highest BCUT2D eigenvalue weighted by molar-refractivity contribution is 7.92. The number of ketones is 1. The maximum absolute atomic E-state index is 11.9. The Balaban J connectivity index is 2.18. The van der Waals surface area contributed by atoms with Crippen LogP contribution in [-0.2, 0) is 14.8 Å². The molecular weight excluding hydrogens is 292 g/mol. The quantitative estimate of drug-likeness (QED) is 0.792. The monoisotopic (exact) mass is 310 g/mol. The van der Waals surface area contributed by atoms with Crippen molar-refractivity contribution >= 4 is 27.4 Å². The largest absolute Gasteiger partial charge is 0.352 e. The lowest BCUT2D eigenvalue weighted by Gasteiger charge is -2.22. The topological polar surface area (TPSA) is 83.6 Å². The van der Waals surface area contributed by atoms with Gasteiger partial charge in [0.1, 0.15) is 6.54 Å². The lowest BCUT2D eigenvalue weighted by atomic mass is 10.1. The molecule has 1 saturated carbocycles. The Hall–Kier alpha value is -1.89. The second-order valence-corrected chi connectivity index (χ2v) is 7.12. The molecule has 1 amide bonds. The van der Waals surface area contributed by atoms with Crippen LogP contribution in [0.15, 0.2) is 24.3 Å². The molecule has 1 fully saturated rings. The molecule has 0 atom stereocenters. The zero-order valence-electron chi connectivity index (χ0n) is 12.0. The molecule has 0 aliphatic heterocycles. The summed E-state index contributed by atoms with van der Waals surface area (Å²) in [6.45, 7) is 1.18. The third-order valence-electron chi connectivity index (χ3n) is 3.19. The number of nitrogens with zero attached hydrogens (tertiary/aromatic N) is 1. The van der Waals surface area contributed by atoms with Gasteiger partial charge in [0.15, 0.2) is 5.78 Å². The van der Waals surface area contributed by atoms with E-state index >= 15 is 0 Å². The summed E-state index contributed by atoms with van der Waals surface area (Å²) in [5.41, 5.74) is 0.864. The number of sulfonamides is 1. The van der Waals surface area contributed by atoms with Crippen molar-refractivity contribution in [2.75, 3.05) is 17.1 Å². The van der Waals surface area contributed by atoms with Gasteiger partial charge in [-0.15, -0.1) is 0 Å². The van der Waals surface area contributed by atoms with Gasteiger partial charge in [-0.05, 0) is 44.0 Å². The van der Waals surface area contributed by atoms with Gasteiger partial charge < -0.3 is 5.32 Å². The molecule has 2 rings (SSSR count). The summed E-state index contributed by atoms with van der Waals surface area (Å²) in [5.74, 6) is -0.419. The van der Waals surface area contributed by atoms with Gasteiger partial charge in [-0.1, -0.05) is 0 Å². The number of nitrogens with one attached hydrogen (secondary N) is 1. The van der Waals surface area contributed by atoms with Gasteiger partial charge >= 0.3 is 0 Å². The van der Waals surface area contributed by atoms with E-state index in [0.29, 0.717) is 11.3 Å². The second-order valence-electron chi connectivity index (χ2n) is 5.21. The van der Waals surface area contributed by atoms with E-state index in [1.165, 1.54) is 19.1 Å². The SMILES string of the molecule is CC(=O)c1ccc(N(CC(=O)NC2CC2)S(C)(=O)=O)cc1. The van der Waals surface area contributed by atoms with Crippen molar-refractivity contribution < 1.29 is 18.0 Å². The number of hydrogen-bond donors (Lipinski definition) is 1. The molecule has 0 spiro atoms. The Morgan fingerprint density at radius 3 is 2.24 bits per heavy atom. The predicted molar refractivity (Wildman–Crippen MR) is 79.8 cm³/mol. The van der Waals surface area contributed by atoms with Crippen LogP contribution in [0.2, 0.25) is 0 Å². The molecule has 0 unspecified atom stereocenters. The van der Waals surface area contributed by atoms with Crippen LogP contribution >= 0.6 is 0 Å². The zero-order valence-corrected chi connectivity index (χ0v) is 12.8. The van der Waals surface area contributed by atoms with E-state index in [0.717, 1.165) is 23.4 Å². The Morgan fingerprint density at radius 1 is 1.24 bits per heavy atom. The Kier molecular flexibility index (Phi) is 4.32. The molecule has 1 N–H and O–H groups in total. The van der Waals surface area contributed by atoms with Crippen LogP contribution in [0.25, 0.3) is 0 Å². The maximum atomic E-state index is 11.9. The first-order valence-electron chi connectivity index (χ1n) is 6.65. The van der Waals surface area contributed by atoms with E-state index in [1.807, 2.05) is 0 Å². The summed E-state index contributed by atoms with van der Waals surface area (Å²) in [5, 5.41) is 2.76. The van der Waals surface area contributed by atoms with Crippen molar-refractivity contribution in [3.05, 3.63) is 29.8 Å². The lowest BCUT2D eigenvalue weighted by Crippen LogP contribution is -2.41. The fourth-order valence-electron chi connectivity index (χ4n) is 1.89. The number of hydrogen-bond acceptors (Lipinski definition) is 4. The average molecular weight is 310 g/mol. The van der Waals surface area contributed by atoms with Crippen molar-refractivity contribution in [1.82, 2.24) is 5.32 Å². The number of anilines is 1. The number of Topliss-reactive ketones (excluding diaryl/α,β-unsaturated/α-hetero) is 1. The number of carbonyl (C=O) groups is 2. The van der Waals surface area contributed by atoms with Crippen LogP contribution < -0.4 is 9.62 Å². The summed E-state index contributed by atoms with van der Waals surface area (Å²) in [6, 6.07) is 6.34. The molecule has 0 aromatic heterocycles. The van der Waals surface area contributed by atoms with Crippen molar-refractivity contribution in [2.45, 2.75) is 25.8 Å². The molecule has 0 bridgehead atoms. The van der Waals surface area contributed by atoms with Crippen molar-refractivity contribution in [3.63, 3.8) is 0 Å². The molecule has 7 heteroatoms. The zero-order chi connectivity index (χ0) is 15.6. The summed E-state index contributed by atoms with van der Waals surface area (Å²) in [4.78, 5) is 23.1. The third kappa shape index (κ3) is 4.29. The first-order valence-corrected chi connectivity index (χ1v) is 8.50. The molecule has 0 radical (unpaired) electrons. The van der Waals surface area contributed by atoms with E-state index < -0.39 is 10.0 Å². The van der Waals surface area contributed by atoms with E-state index in [4.69, 9.17) is 0 Å². The van der Waals surface area contributed by atoms with Gasteiger partial charge in [-0.3, -0.25) is 13.9 Å². The molecule has 1 aliphatic rings. The minimum atomic E-state index is -3.57. The van der Waals surface area contributed by atoms with Crippen molar-refractivity contribution in [2.24, 2.45) is 0 Å². The van der Waals surface area contributed by atoms with Gasteiger partial charge in [0.05, 0.1) is 11.9 Å². The number of rotatable bonds is 6. The third-order valence-corrected chi connectivity index (χ3v) is 4.33. The minimum Gasteiger partial charge on any atom is -0.352 e. The number of carbonyl (C=O) groups excluding carboxylic acids is 2. The molecule has 1 aliphatic carbocycles. The minimum absolute atomic E-state index is 0.0982. The maximum Gasteiger partial charge on any atom is 0.240 e. The van der Waals surface area contributed by atoms with Crippen LogP contribution in [0.1, 0.15) is 30.1 Å². The van der Waals surface area contributed by atoms with E-state index in [-0.39, 0.29) is 24.3 Å². The van der Waals surface area contributed by atoms with Gasteiger partial charge in [0.2, 0.25) is 15.9 Å². The smallest absolute Gasteiger partial charge is 0.240 e. The van der Waals surface area contributed by atoms with Crippen LogP contribution in [-0.4, -0.2) is 39.0 Å². The molecule has 1 aromatic rings. The summed E-state index contributed by atoms with van der Waals surface area (Å²) in [6.07, 6.45) is 2.94. The van der Waals surface area contributed by atoms with Crippen molar-refractivity contribution in [1.29, 1.82) is 0 Å². The predicted octanol–water partition coefficient (Wildman–Crippen LogP) is 0.934. The van der Waals surface area contributed by atoms with Gasteiger partial charge in [0, 0.05) is 11.6 Å². The van der Waals surface area contributed by atoms with Crippen LogP contribution in [0, 0.1) is 0 Å². The highest BCUT2D eigenvalue weighted by atomic mass is 32.2. The normalized spacial score (nSPS) is 14.6. The van der Waals surface area contributed by atoms with Gasteiger partial charge in [-0.2, -0.15) is 0 Å². The van der Waals surface area contributed by atoms with Crippen LogP contribution in [0.5, 0.6) is 0 Å². The van der Waals surface area contributed by atoms with Crippen LogP contribution in [0.3, 0.4) is 0 Å². The van der Waals surface area contributed by atoms with Gasteiger partial charge in [-0.25, -0.2) is 8.42 Å². The van der Waals surface area contributed by atoms with E-state index in [2.05, 4.69) is 5.32 Å². The van der Waals surface area contributed by atoms with E-state index in [9.17, 15) is 18.0 Å². The molecular formula is C14H18N2O4S. The lowest BCUT2D eigenvalue weighted by molar-refractivity contribution is -0.119. The molecule has 114 valence electrons.